The number of hydrogen-bond acceptors (Lipinski definition) is 4. The van der Waals surface area contributed by atoms with Crippen LogP contribution in [-0.2, 0) is 10.0 Å². The number of carbonyl (C=O) groups excluding carboxylic acids is 1. The Labute approximate surface area is 176 Å². The Kier molecular flexibility index (Phi) is 5.58. The van der Waals surface area contributed by atoms with Gasteiger partial charge in [-0.1, -0.05) is 29.3 Å². The minimum absolute atomic E-state index is 0.186. The fraction of sp³-hybridized carbons (Fsp3) is 0.381. The lowest BCUT2D eigenvalue weighted by molar-refractivity contribution is 0.0619. The summed E-state index contributed by atoms with van der Waals surface area (Å²) >= 11 is 6.31. The van der Waals surface area contributed by atoms with Gasteiger partial charge in [0.2, 0.25) is 10.0 Å². The molecular weight excluding hydrogens is 412 g/mol. The summed E-state index contributed by atoms with van der Waals surface area (Å²) in [6.07, 6.45) is 1.72. The van der Waals surface area contributed by atoms with Gasteiger partial charge in [0.25, 0.3) is 5.91 Å². The number of anilines is 1. The van der Waals surface area contributed by atoms with Crippen LogP contribution in [0.4, 0.5) is 5.69 Å². The summed E-state index contributed by atoms with van der Waals surface area (Å²) in [6, 6.07) is 10.3. The van der Waals surface area contributed by atoms with Crippen molar-refractivity contribution in [3.63, 3.8) is 0 Å². The molecule has 0 saturated carbocycles. The number of ether oxygens (including phenoxy) is 1. The van der Waals surface area contributed by atoms with Gasteiger partial charge < -0.3 is 10.1 Å². The second-order valence-corrected chi connectivity index (χ2v) is 10.4. The molecule has 2 aromatic rings. The third kappa shape index (κ3) is 4.67. The van der Waals surface area contributed by atoms with E-state index in [0.717, 1.165) is 27.4 Å². The molecule has 0 unspecified atom stereocenters. The molecule has 6 nitrogen and oxygen atoms in total. The molecule has 3 rings (SSSR count). The van der Waals surface area contributed by atoms with E-state index in [4.69, 9.17) is 16.3 Å². The van der Waals surface area contributed by atoms with Crippen LogP contribution in [0.5, 0.6) is 5.75 Å². The van der Waals surface area contributed by atoms with Crippen molar-refractivity contribution in [2.75, 3.05) is 17.6 Å². The van der Waals surface area contributed by atoms with E-state index in [1.54, 1.807) is 6.07 Å². The van der Waals surface area contributed by atoms with E-state index in [2.05, 4.69) is 5.32 Å². The number of nitrogens with one attached hydrogen (secondary N) is 1. The Bertz CT molecular complexity index is 1070. The van der Waals surface area contributed by atoms with Crippen LogP contribution in [0.25, 0.3) is 0 Å². The normalized spacial score (nSPS) is 17.8. The molecule has 1 N–H and O–H groups in total. The van der Waals surface area contributed by atoms with Crippen LogP contribution in [0.3, 0.4) is 0 Å². The zero-order valence-electron chi connectivity index (χ0n) is 17.1. The van der Waals surface area contributed by atoms with Crippen LogP contribution in [0.1, 0.15) is 47.8 Å². The fourth-order valence-electron chi connectivity index (χ4n) is 3.41. The smallest absolute Gasteiger partial charge is 0.253 e. The Balaban J connectivity index is 1.88. The number of halogens is 1. The standard InChI is InChI=1S/C21H25ClN2O4S/c1-13-6-9-19-16(10-13)18(12-21(2,3)28-19)23-20(25)15-8-7-14(11-17(15)22)24(4)29(5,26)27/h6-11,18H,12H2,1-5H3,(H,23,25)/t18-/m1/s1. The predicted octanol–water partition coefficient (Wildman–Crippen LogP) is 4.08. The Morgan fingerprint density at radius 1 is 1.24 bits per heavy atom. The highest BCUT2D eigenvalue weighted by Gasteiger charge is 2.35. The van der Waals surface area contributed by atoms with Gasteiger partial charge in [-0.3, -0.25) is 9.10 Å². The maximum Gasteiger partial charge on any atom is 0.253 e. The van der Waals surface area contributed by atoms with Crippen molar-refractivity contribution in [3.05, 3.63) is 58.1 Å². The number of hydrogen-bond donors (Lipinski definition) is 1. The fourth-order valence-corrected chi connectivity index (χ4v) is 4.17. The molecule has 0 fully saturated rings. The zero-order valence-corrected chi connectivity index (χ0v) is 18.7. The molecule has 0 aromatic heterocycles. The van der Waals surface area contributed by atoms with Gasteiger partial charge in [-0.15, -0.1) is 0 Å². The molecule has 1 aliphatic heterocycles. The summed E-state index contributed by atoms with van der Waals surface area (Å²) in [6.45, 7) is 5.96. The topological polar surface area (TPSA) is 75.7 Å². The average molecular weight is 437 g/mol. The molecule has 29 heavy (non-hydrogen) atoms. The number of sulfonamides is 1. The Morgan fingerprint density at radius 3 is 2.55 bits per heavy atom. The molecule has 0 bridgehead atoms. The van der Waals surface area contributed by atoms with Crippen molar-refractivity contribution in [3.8, 4) is 5.75 Å². The van der Waals surface area contributed by atoms with Gasteiger partial charge in [-0.25, -0.2) is 8.42 Å². The molecule has 0 radical (unpaired) electrons. The summed E-state index contributed by atoms with van der Waals surface area (Å²) in [7, 11) is -1.98. The first kappa shape index (κ1) is 21.5. The Morgan fingerprint density at radius 2 is 1.93 bits per heavy atom. The van der Waals surface area contributed by atoms with E-state index < -0.39 is 15.6 Å². The van der Waals surface area contributed by atoms with Gasteiger partial charge in [-0.2, -0.15) is 0 Å². The summed E-state index contributed by atoms with van der Waals surface area (Å²) < 4.78 is 30.6. The third-order valence-electron chi connectivity index (χ3n) is 4.99. The second-order valence-electron chi connectivity index (χ2n) is 8.03. The molecule has 8 heteroatoms. The summed E-state index contributed by atoms with van der Waals surface area (Å²) in [5, 5.41) is 3.25. The van der Waals surface area contributed by atoms with Gasteiger partial charge in [0.05, 0.1) is 28.6 Å². The van der Waals surface area contributed by atoms with E-state index in [-0.39, 0.29) is 22.5 Å². The molecule has 156 valence electrons. The van der Waals surface area contributed by atoms with Crippen LogP contribution in [0.15, 0.2) is 36.4 Å². The first-order valence-corrected chi connectivity index (χ1v) is 11.4. The summed E-state index contributed by atoms with van der Waals surface area (Å²) in [5.41, 5.74) is 2.27. The maximum absolute atomic E-state index is 12.9. The summed E-state index contributed by atoms with van der Waals surface area (Å²) in [5.74, 6) is 0.437. The lowest BCUT2D eigenvalue weighted by atomic mass is 9.88. The summed E-state index contributed by atoms with van der Waals surface area (Å²) in [4.78, 5) is 12.9. The number of amides is 1. The quantitative estimate of drug-likeness (QED) is 0.783. The van der Waals surface area contributed by atoms with Gasteiger partial charge in [0, 0.05) is 19.0 Å². The lowest BCUT2D eigenvalue weighted by Crippen LogP contribution is -2.41. The number of nitrogens with zero attached hydrogens (tertiary/aromatic N) is 1. The molecule has 1 aliphatic rings. The number of benzene rings is 2. The van der Waals surface area contributed by atoms with Crippen molar-refractivity contribution < 1.29 is 17.9 Å². The van der Waals surface area contributed by atoms with Crippen LogP contribution in [0.2, 0.25) is 5.02 Å². The first-order valence-electron chi connectivity index (χ1n) is 9.21. The van der Waals surface area contributed by atoms with Crippen molar-refractivity contribution in [1.82, 2.24) is 5.32 Å². The van der Waals surface area contributed by atoms with Crippen molar-refractivity contribution in [2.24, 2.45) is 0 Å². The number of aryl methyl sites for hydroxylation is 1. The molecule has 0 saturated heterocycles. The van der Waals surface area contributed by atoms with Gasteiger partial charge >= 0.3 is 0 Å². The molecule has 2 aromatic carbocycles. The highest BCUT2D eigenvalue weighted by atomic mass is 35.5. The molecular formula is C21H25ClN2O4S. The number of fused-ring (bicyclic) bond motifs is 1. The van der Waals surface area contributed by atoms with E-state index in [9.17, 15) is 13.2 Å². The minimum Gasteiger partial charge on any atom is -0.487 e. The van der Waals surface area contributed by atoms with Crippen LogP contribution < -0.4 is 14.4 Å². The van der Waals surface area contributed by atoms with E-state index in [0.29, 0.717) is 12.1 Å². The molecule has 0 aliphatic carbocycles. The number of carbonyl (C=O) groups is 1. The van der Waals surface area contributed by atoms with Crippen LogP contribution in [-0.4, -0.2) is 33.2 Å². The molecule has 1 atom stereocenters. The largest absolute Gasteiger partial charge is 0.487 e. The van der Waals surface area contributed by atoms with Gasteiger partial charge in [-0.05, 0) is 45.0 Å². The number of rotatable bonds is 4. The van der Waals surface area contributed by atoms with E-state index in [1.807, 2.05) is 39.0 Å². The zero-order chi connectivity index (χ0) is 21.6. The van der Waals surface area contributed by atoms with Crippen molar-refractivity contribution >= 4 is 33.2 Å². The molecule has 1 heterocycles. The minimum atomic E-state index is -3.42. The van der Waals surface area contributed by atoms with Crippen molar-refractivity contribution in [2.45, 2.75) is 38.8 Å². The van der Waals surface area contributed by atoms with Gasteiger partial charge in [0.15, 0.2) is 0 Å². The third-order valence-corrected chi connectivity index (χ3v) is 6.50. The first-order chi connectivity index (χ1) is 13.4. The molecule has 0 spiro atoms. The molecule has 1 amide bonds. The monoisotopic (exact) mass is 436 g/mol. The highest BCUT2D eigenvalue weighted by molar-refractivity contribution is 7.92. The van der Waals surface area contributed by atoms with E-state index >= 15 is 0 Å². The Hall–Kier alpha value is -2.25. The average Bonchev–Trinajstić information content (AvgIpc) is 2.60. The highest BCUT2D eigenvalue weighted by Crippen LogP contribution is 2.40. The predicted molar refractivity (Wildman–Crippen MR) is 115 cm³/mol. The van der Waals surface area contributed by atoms with E-state index in [1.165, 1.54) is 19.2 Å². The second kappa shape index (κ2) is 7.54. The van der Waals surface area contributed by atoms with Crippen LogP contribution >= 0.6 is 11.6 Å². The van der Waals surface area contributed by atoms with Crippen LogP contribution in [0, 0.1) is 6.92 Å². The van der Waals surface area contributed by atoms with Gasteiger partial charge in [0.1, 0.15) is 11.4 Å². The van der Waals surface area contributed by atoms with Crippen molar-refractivity contribution in [1.29, 1.82) is 0 Å². The lowest BCUT2D eigenvalue weighted by Gasteiger charge is -2.38. The maximum atomic E-state index is 12.9. The SMILES string of the molecule is Cc1ccc2c(c1)[C@H](NC(=O)c1ccc(N(C)S(C)(=O)=O)cc1Cl)CC(C)(C)O2.